The molecule has 1 unspecified atom stereocenters. The van der Waals surface area contributed by atoms with E-state index in [1.807, 2.05) is 36.4 Å². The molecule has 7 heteroatoms. The Balaban J connectivity index is 1.32. The maximum atomic E-state index is 12.7. The molecule has 0 bridgehead atoms. The Morgan fingerprint density at radius 2 is 1.74 bits per heavy atom. The molecule has 2 amide bonds. The van der Waals surface area contributed by atoms with E-state index in [4.69, 9.17) is 4.74 Å². The van der Waals surface area contributed by atoms with Gasteiger partial charge in [0.1, 0.15) is 12.6 Å². The van der Waals surface area contributed by atoms with E-state index in [9.17, 15) is 19.5 Å². The summed E-state index contributed by atoms with van der Waals surface area (Å²) in [4.78, 5) is 36.7. The van der Waals surface area contributed by atoms with Crippen molar-refractivity contribution in [1.29, 1.82) is 0 Å². The fourth-order valence-corrected chi connectivity index (χ4v) is 4.83. The van der Waals surface area contributed by atoms with Gasteiger partial charge in [-0.25, -0.2) is 9.59 Å². The lowest BCUT2D eigenvalue weighted by molar-refractivity contribution is -0.142. The van der Waals surface area contributed by atoms with Crippen molar-refractivity contribution in [3.8, 4) is 11.1 Å². The van der Waals surface area contributed by atoms with Gasteiger partial charge in [-0.2, -0.15) is 0 Å². The van der Waals surface area contributed by atoms with E-state index in [0.29, 0.717) is 19.3 Å². The van der Waals surface area contributed by atoms with Crippen molar-refractivity contribution in [3.63, 3.8) is 0 Å². The molecular weight excluding hydrogens is 444 g/mol. The van der Waals surface area contributed by atoms with Crippen LogP contribution in [0.2, 0.25) is 0 Å². The summed E-state index contributed by atoms with van der Waals surface area (Å²) in [5.41, 5.74) is 4.60. The SMILES string of the molecule is C=CCCC(NC(=O)[C@@H]1CC=C[C@@H](NC(=O)OCC2c3ccccc3-c3ccccc32)C1)C(=O)O. The van der Waals surface area contributed by atoms with Crippen molar-refractivity contribution in [1.82, 2.24) is 10.6 Å². The number of carbonyl (C=O) groups is 3. The van der Waals surface area contributed by atoms with Crippen LogP contribution in [0.15, 0.2) is 73.3 Å². The average Bonchev–Trinajstić information content (AvgIpc) is 3.19. The first-order valence-electron chi connectivity index (χ1n) is 11.9. The van der Waals surface area contributed by atoms with Crippen LogP contribution in [0.1, 0.15) is 42.7 Å². The monoisotopic (exact) mass is 474 g/mol. The van der Waals surface area contributed by atoms with Crippen LogP contribution in [0.5, 0.6) is 0 Å². The molecule has 2 aliphatic carbocycles. The fraction of sp³-hybridized carbons (Fsp3) is 0.321. The highest BCUT2D eigenvalue weighted by molar-refractivity contribution is 5.85. The number of nitrogens with one attached hydrogen (secondary N) is 2. The number of hydrogen-bond donors (Lipinski definition) is 3. The van der Waals surface area contributed by atoms with Crippen LogP contribution < -0.4 is 10.6 Å². The third-order valence-electron chi connectivity index (χ3n) is 6.62. The second kappa shape index (κ2) is 11.0. The number of carbonyl (C=O) groups excluding carboxylic acids is 2. The largest absolute Gasteiger partial charge is 0.480 e. The number of ether oxygens (including phenoxy) is 1. The zero-order valence-electron chi connectivity index (χ0n) is 19.5. The third kappa shape index (κ3) is 5.62. The number of fused-ring (bicyclic) bond motifs is 3. The first-order valence-corrected chi connectivity index (χ1v) is 11.9. The quantitative estimate of drug-likeness (QED) is 0.468. The Kier molecular flexibility index (Phi) is 7.65. The Morgan fingerprint density at radius 3 is 2.37 bits per heavy atom. The molecule has 7 nitrogen and oxygen atoms in total. The molecule has 182 valence electrons. The maximum Gasteiger partial charge on any atom is 0.407 e. The number of carboxylic acids is 1. The van der Waals surface area contributed by atoms with E-state index in [1.165, 1.54) is 0 Å². The molecule has 0 saturated carbocycles. The Hall–Kier alpha value is -3.87. The highest BCUT2D eigenvalue weighted by Gasteiger charge is 2.31. The van der Waals surface area contributed by atoms with Gasteiger partial charge in [-0.3, -0.25) is 4.79 Å². The van der Waals surface area contributed by atoms with Crippen LogP contribution in [0.25, 0.3) is 11.1 Å². The Labute approximate surface area is 204 Å². The van der Waals surface area contributed by atoms with E-state index < -0.39 is 24.0 Å². The summed E-state index contributed by atoms with van der Waals surface area (Å²) in [7, 11) is 0. The minimum atomic E-state index is -1.07. The summed E-state index contributed by atoms with van der Waals surface area (Å²) >= 11 is 0. The predicted octanol–water partition coefficient (Wildman–Crippen LogP) is 4.40. The van der Waals surface area contributed by atoms with E-state index in [2.05, 4.69) is 41.5 Å². The van der Waals surface area contributed by atoms with Gasteiger partial charge in [0.25, 0.3) is 0 Å². The molecule has 35 heavy (non-hydrogen) atoms. The minimum Gasteiger partial charge on any atom is -0.480 e. The highest BCUT2D eigenvalue weighted by atomic mass is 16.5. The molecular formula is C28H30N2O5. The van der Waals surface area contributed by atoms with Gasteiger partial charge in [0, 0.05) is 11.8 Å². The molecule has 0 saturated heterocycles. The van der Waals surface area contributed by atoms with Crippen LogP contribution in [-0.2, 0) is 14.3 Å². The number of benzene rings is 2. The molecule has 0 aromatic heterocycles. The summed E-state index contributed by atoms with van der Waals surface area (Å²) in [6.45, 7) is 3.81. The normalized spacial score (nSPS) is 19.2. The number of carboxylic acid groups (broad SMARTS) is 1. The molecule has 2 aromatic rings. The van der Waals surface area contributed by atoms with Crippen LogP contribution in [0.4, 0.5) is 4.79 Å². The van der Waals surface area contributed by atoms with Gasteiger partial charge in [-0.15, -0.1) is 6.58 Å². The summed E-state index contributed by atoms with van der Waals surface area (Å²) in [6.07, 6.45) is 6.40. The average molecular weight is 475 g/mol. The van der Waals surface area contributed by atoms with Crippen LogP contribution >= 0.6 is 0 Å². The molecule has 3 N–H and O–H groups in total. The fourth-order valence-electron chi connectivity index (χ4n) is 4.83. The molecule has 2 aliphatic rings. The second-order valence-corrected chi connectivity index (χ2v) is 8.94. The van der Waals surface area contributed by atoms with Crippen LogP contribution in [-0.4, -0.2) is 41.8 Å². The molecule has 0 fully saturated rings. The number of rotatable bonds is 9. The first kappa shape index (κ1) is 24.3. The number of aliphatic carboxylic acids is 1. The first-order chi connectivity index (χ1) is 17.0. The number of alkyl carbamates (subject to hydrolysis) is 1. The van der Waals surface area contributed by atoms with Crippen molar-refractivity contribution >= 4 is 18.0 Å². The van der Waals surface area contributed by atoms with Crippen molar-refractivity contribution in [3.05, 3.63) is 84.5 Å². The summed E-state index contributed by atoms with van der Waals surface area (Å²) < 4.78 is 5.61. The van der Waals surface area contributed by atoms with E-state index in [-0.39, 0.29) is 30.9 Å². The molecule has 0 heterocycles. The van der Waals surface area contributed by atoms with E-state index >= 15 is 0 Å². The van der Waals surface area contributed by atoms with E-state index in [1.54, 1.807) is 6.08 Å². The molecule has 2 aromatic carbocycles. The van der Waals surface area contributed by atoms with Gasteiger partial charge >= 0.3 is 12.1 Å². The van der Waals surface area contributed by atoms with E-state index in [0.717, 1.165) is 22.3 Å². The van der Waals surface area contributed by atoms with Gasteiger partial charge in [0.15, 0.2) is 0 Å². The standard InChI is InChI=1S/C28H30N2O5/c1-2-3-15-25(27(32)33)30-26(31)18-9-8-10-19(16-18)29-28(34)35-17-24-22-13-6-4-11-20(22)21-12-5-7-14-23(21)24/h2,4-8,10-14,18-19,24-25H,1,3,9,15-17H2,(H,29,34)(H,30,31)(H,32,33)/t18-,19-,25?/m1/s1. The van der Waals surface area contributed by atoms with Gasteiger partial charge in [0.2, 0.25) is 5.91 Å². The smallest absolute Gasteiger partial charge is 0.407 e. The number of hydrogen-bond acceptors (Lipinski definition) is 4. The lowest BCUT2D eigenvalue weighted by Crippen LogP contribution is -2.46. The number of amides is 2. The maximum absolute atomic E-state index is 12.7. The molecule has 0 radical (unpaired) electrons. The molecule has 3 atom stereocenters. The lowest BCUT2D eigenvalue weighted by Gasteiger charge is -2.26. The Morgan fingerprint density at radius 1 is 1.09 bits per heavy atom. The van der Waals surface area contributed by atoms with Crippen LogP contribution in [0, 0.1) is 5.92 Å². The summed E-state index contributed by atoms with van der Waals surface area (Å²) in [6, 6.07) is 15.0. The summed E-state index contributed by atoms with van der Waals surface area (Å²) in [5, 5.41) is 14.8. The summed E-state index contributed by atoms with van der Waals surface area (Å²) in [5.74, 6) is -1.86. The number of allylic oxidation sites excluding steroid dienone is 2. The van der Waals surface area contributed by atoms with Gasteiger partial charge in [0.05, 0.1) is 6.04 Å². The van der Waals surface area contributed by atoms with Crippen molar-refractivity contribution in [2.24, 2.45) is 5.92 Å². The minimum absolute atomic E-state index is 0.0305. The van der Waals surface area contributed by atoms with Crippen LogP contribution in [0.3, 0.4) is 0 Å². The predicted molar refractivity (Wildman–Crippen MR) is 133 cm³/mol. The third-order valence-corrected chi connectivity index (χ3v) is 6.62. The van der Waals surface area contributed by atoms with Crippen molar-refractivity contribution in [2.75, 3.05) is 6.61 Å². The van der Waals surface area contributed by atoms with Crippen molar-refractivity contribution in [2.45, 2.75) is 43.7 Å². The molecule has 0 aliphatic heterocycles. The zero-order chi connectivity index (χ0) is 24.8. The van der Waals surface area contributed by atoms with Gasteiger partial charge < -0.3 is 20.5 Å². The molecule has 0 spiro atoms. The Bertz CT molecular complexity index is 1100. The van der Waals surface area contributed by atoms with Gasteiger partial charge in [-0.05, 0) is 47.9 Å². The molecule has 4 rings (SSSR count). The second-order valence-electron chi connectivity index (χ2n) is 8.94. The topological polar surface area (TPSA) is 105 Å². The highest BCUT2D eigenvalue weighted by Crippen LogP contribution is 2.44. The lowest BCUT2D eigenvalue weighted by atomic mass is 9.90. The van der Waals surface area contributed by atoms with Gasteiger partial charge in [-0.1, -0.05) is 66.8 Å². The van der Waals surface area contributed by atoms with Crippen molar-refractivity contribution < 1.29 is 24.2 Å². The zero-order valence-corrected chi connectivity index (χ0v) is 19.5.